The largest absolute Gasteiger partial charge is 0.508 e. The molecule has 10 heteroatoms. The van der Waals surface area contributed by atoms with E-state index in [-0.39, 0.29) is 36.8 Å². The van der Waals surface area contributed by atoms with Crippen LogP contribution in [0.2, 0.25) is 20.1 Å². The Bertz CT molecular complexity index is 1210. The Morgan fingerprint density at radius 1 is 0.759 bits per heavy atom. The average molecular weight is 494 g/mol. The number of benzene rings is 3. The summed E-state index contributed by atoms with van der Waals surface area (Å²) >= 11 is 24.0. The minimum absolute atomic E-state index is 0.00726. The molecule has 0 aliphatic carbocycles. The van der Waals surface area contributed by atoms with Gasteiger partial charge in [-0.15, -0.1) is 0 Å². The summed E-state index contributed by atoms with van der Waals surface area (Å²) in [4.78, 5) is 0. The van der Waals surface area contributed by atoms with Gasteiger partial charge >= 0.3 is 0 Å². The highest BCUT2D eigenvalue weighted by molar-refractivity contribution is 7.87. The number of hydrogen-bond donors (Lipinski definition) is 3. The molecule has 0 radical (unpaired) electrons. The van der Waals surface area contributed by atoms with Crippen molar-refractivity contribution in [2.24, 2.45) is 0 Å². The summed E-state index contributed by atoms with van der Waals surface area (Å²) in [6, 6.07) is 11.7. The number of phenols is 2. The first-order chi connectivity index (χ1) is 13.5. The lowest BCUT2D eigenvalue weighted by atomic mass is 9.83. The SMILES string of the molecule is O=S(=O)(O)C(c1ccc(Cl)c(Cl)c1)(c1ccccc1O)c1ccc(Cl)c(Cl)c1O. The lowest BCUT2D eigenvalue weighted by Gasteiger charge is -2.33. The molecule has 3 aromatic rings. The number of hydrogen-bond acceptors (Lipinski definition) is 4. The lowest BCUT2D eigenvalue weighted by molar-refractivity contribution is 0.428. The zero-order chi connectivity index (χ0) is 21.6. The second-order valence-electron chi connectivity index (χ2n) is 6.06. The molecule has 3 N–H and O–H groups in total. The van der Waals surface area contributed by atoms with Crippen LogP contribution in [-0.2, 0) is 14.9 Å². The Balaban J connectivity index is 2.61. The molecule has 5 nitrogen and oxygen atoms in total. The standard InChI is InChI=1S/C19H12Cl4O5S/c20-13-7-5-10(9-15(13)22)19(29(26,27)28,11-3-1-2-4-16(11)24)12-6-8-14(21)17(23)18(12)25/h1-9,24-25H,(H,26,27,28). The minimum Gasteiger partial charge on any atom is -0.508 e. The van der Waals surface area contributed by atoms with Crippen LogP contribution < -0.4 is 0 Å². The zero-order valence-corrected chi connectivity index (χ0v) is 18.1. The molecule has 0 saturated carbocycles. The molecule has 0 saturated heterocycles. The Morgan fingerprint density at radius 2 is 1.38 bits per heavy atom. The van der Waals surface area contributed by atoms with Gasteiger partial charge in [0.15, 0.2) is 4.75 Å². The molecule has 0 heterocycles. The molecule has 0 fully saturated rings. The summed E-state index contributed by atoms with van der Waals surface area (Å²) in [6.07, 6.45) is 0. The molecule has 3 rings (SSSR count). The third-order valence-corrected chi connectivity index (χ3v) is 7.43. The Morgan fingerprint density at radius 3 is 1.97 bits per heavy atom. The van der Waals surface area contributed by atoms with E-state index in [2.05, 4.69) is 0 Å². The van der Waals surface area contributed by atoms with Crippen molar-refractivity contribution in [3.8, 4) is 11.5 Å². The normalized spacial score (nSPS) is 13.8. The summed E-state index contributed by atoms with van der Waals surface area (Å²) in [7, 11) is -5.11. The fraction of sp³-hybridized carbons (Fsp3) is 0.0526. The minimum atomic E-state index is -5.11. The van der Waals surface area contributed by atoms with Gasteiger partial charge in [-0.2, -0.15) is 8.42 Å². The third kappa shape index (κ3) is 3.54. The van der Waals surface area contributed by atoms with E-state index in [9.17, 15) is 23.2 Å². The van der Waals surface area contributed by atoms with Gasteiger partial charge in [-0.1, -0.05) is 76.7 Å². The maximum absolute atomic E-state index is 12.9. The molecule has 0 bridgehead atoms. The Kier molecular flexibility index (Phi) is 5.98. The molecule has 0 aliphatic rings. The van der Waals surface area contributed by atoms with Crippen LogP contribution >= 0.6 is 46.4 Å². The summed E-state index contributed by atoms with van der Waals surface area (Å²) in [5.74, 6) is -1.15. The highest BCUT2D eigenvalue weighted by Crippen LogP contribution is 2.52. The first kappa shape index (κ1) is 22.0. The van der Waals surface area contributed by atoms with Crippen LogP contribution in [0.15, 0.2) is 54.6 Å². The lowest BCUT2D eigenvalue weighted by Crippen LogP contribution is -2.38. The van der Waals surface area contributed by atoms with Gasteiger partial charge < -0.3 is 10.2 Å². The Hall–Kier alpha value is -1.67. The van der Waals surface area contributed by atoms with Gasteiger partial charge in [0.25, 0.3) is 10.1 Å². The number of halogens is 4. The van der Waals surface area contributed by atoms with E-state index in [1.807, 2.05) is 0 Å². The topological polar surface area (TPSA) is 94.8 Å². The van der Waals surface area contributed by atoms with Crippen molar-refractivity contribution in [3.63, 3.8) is 0 Å². The molecule has 3 aromatic carbocycles. The van der Waals surface area contributed by atoms with E-state index < -0.39 is 26.4 Å². The van der Waals surface area contributed by atoms with Gasteiger partial charge in [0.05, 0.1) is 15.1 Å². The summed E-state index contributed by atoms with van der Waals surface area (Å²) in [6.45, 7) is 0. The first-order valence-corrected chi connectivity index (χ1v) is 10.9. The first-order valence-electron chi connectivity index (χ1n) is 7.90. The molecular formula is C19H12Cl4O5S. The molecular weight excluding hydrogens is 482 g/mol. The van der Waals surface area contributed by atoms with Gasteiger partial charge in [-0.3, -0.25) is 4.55 Å². The monoisotopic (exact) mass is 492 g/mol. The van der Waals surface area contributed by atoms with Crippen molar-refractivity contribution >= 4 is 56.5 Å². The highest BCUT2D eigenvalue weighted by Gasteiger charge is 2.52. The van der Waals surface area contributed by atoms with Crippen LogP contribution in [0.3, 0.4) is 0 Å². The van der Waals surface area contributed by atoms with E-state index in [0.29, 0.717) is 0 Å². The van der Waals surface area contributed by atoms with E-state index in [1.165, 1.54) is 54.6 Å². The Labute approximate surface area is 186 Å². The van der Waals surface area contributed by atoms with Gasteiger partial charge in [0, 0.05) is 11.1 Å². The van der Waals surface area contributed by atoms with E-state index >= 15 is 0 Å². The van der Waals surface area contributed by atoms with Crippen LogP contribution in [-0.4, -0.2) is 23.2 Å². The maximum Gasteiger partial charge on any atom is 0.283 e. The number of para-hydroxylation sites is 1. The smallest absolute Gasteiger partial charge is 0.283 e. The summed E-state index contributed by atoms with van der Waals surface area (Å²) in [5, 5.41) is 20.9. The van der Waals surface area contributed by atoms with Gasteiger partial charge in [0.1, 0.15) is 16.5 Å². The second-order valence-corrected chi connectivity index (χ2v) is 9.22. The van der Waals surface area contributed by atoms with Crippen molar-refractivity contribution in [2.45, 2.75) is 4.75 Å². The molecule has 1 atom stereocenters. The predicted octanol–water partition coefficient (Wildman–Crippen LogP) is 5.89. The van der Waals surface area contributed by atoms with Gasteiger partial charge in [0.2, 0.25) is 0 Å². The molecule has 152 valence electrons. The van der Waals surface area contributed by atoms with Crippen molar-refractivity contribution in [3.05, 3.63) is 91.4 Å². The average Bonchev–Trinajstić information content (AvgIpc) is 2.65. The van der Waals surface area contributed by atoms with Crippen LogP contribution in [0.1, 0.15) is 16.7 Å². The van der Waals surface area contributed by atoms with E-state index in [1.54, 1.807) is 0 Å². The van der Waals surface area contributed by atoms with Crippen LogP contribution in [0.4, 0.5) is 0 Å². The molecule has 0 aromatic heterocycles. The molecule has 29 heavy (non-hydrogen) atoms. The van der Waals surface area contributed by atoms with E-state index in [4.69, 9.17) is 46.4 Å². The molecule has 0 spiro atoms. The maximum atomic E-state index is 12.9. The summed E-state index contributed by atoms with van der Waals surface area (Å²) < 4.78 is 33.8. The molecule has 0 aliphatic heterocycles. The predicted molar refractivity (Wildman–Crippen MR) is 114 cm³/mol. The highest BCUT2D eigenvalue weighted by atomic mass is 35.5. The number of aromatic hydroxyl groups is 2. The zero-order valence-electron chi connectivity index (χ0n) is 14.3. The van der Waals surface area contributed by atoms with Crippen molar-refractivity contribution < 1.29 is 23.2 Å². The van der Waals surface area contributed by atoms with Crippen molar-refractivity contribution in [1.82, 2.24) is 0 Å². The van der Waals surface area contributed by atoms with Crippen LogP contribution in [0.5, 0.6) is 11.5 Å². The third-order valence-electron chi connectivity index (χ3n) is 4.44. The number of phenolic OH excluding ortho intramolecular Hbond substituents is 2. The second kappa shape index (κ2) is 7.87. The number of rotatable bonds is 4. The van der Waals surface area contributed by atoms with Gasteiger partial charge in [-0.25, -0.2) is 0 Å². The van der Waals surface area contributed by atoms with Crippen molar-refractivity contribution in [2.75, 3.05) is 0 Å². The van der Waals surface area contributed by atoms with Crippen LogP contribution in [0, 0.1) is 0 Å². The van der Waals surface area contributed by atoms with Gasteiger partial charge in [-0.05, 0) is 29.8 Å². The van der Waals surface area contributed by atoms with E-state index in [0.717, 1.165) is 0 Å². The fourth-order valence-corrected chi connectivity index (χ4v) is 5.13. The quantitative estimate of drug-likeness (QED) is 0.311. The fourth-order valence-electron chi connectivity index (χ4n) is 3.19. The van der Waals surface area contributed by atoms with Crippen LogP contribution in [0.25, 0.3) is 0 Å². The molecule has 1 unspecified atom stereocenters. The molecule has 0 amide bonds. The summed E-state index contributed by atoms with van der Waals surface area (Å²) in [5.41, 5.74) is -0.673. The van der Waals surface area contributed by atoms with Crippen molar-refractivity contribution in [1.29, 1.82) is 0 Å².